The Hall–Kier alpha value is -2.36. The van der Waals surface area contributed by atoms with E-state index in [4.69, 9.17) is 0 Å². The van der Waals surface area contributed by atoms with E-state index in [-0.39, 0.29) is 5.91 Å². The van der Waals surface area contributed by atoms with E-state index in [0.29, 0.717) is 11.4 Å². The van der Waals surface area contributed by atoms with Crippen LogP contribution in [0.2, 0.25) is 0 Å². The molecule has 108 valence electrons. The quantitative estimate of drug-likeness (QED) is 0.938. The summed E-state index contributed by atoms with van der Waals surface area (Å²) >= 11 is 0. The van der Waals surface area contributed by atoms with Crippen LogP contribution in [0.5, 0.6) is 0 Å². The van der Waals surface area contributed by atoms with E-state index in [1.165, 1.54) is 5.56 Å². The number of carbonyl (C=O) groups excluding carboxylic acids is 1. The SMILES string of the molecule is Cc1ccc(Nc2ncccc2C(=O)N2CCCC2)cc1. The summed E-state index contributed by atoms with van der Waals surface area (Å²) in [6, 6.07) is 11.7. The number of hydrogen-bond acceptors (Lipinski definition) is 3. The third-order valence-corrected chi connectivity index (χ3v) is 3.75. The first-order chi connectivity index (χ1) is 10.2. The Balaban J connectivity index is 1.85. The molecule has 2 heterocycles. The van der Waals surface area contributed by atoms with Gasteiger partial charge >= 0.3 is 0 Å². The van der Waals surface area contributed by atoms with Gasteiger partial charge in [-0.3, -0.25) is 4.79 Å². The fourth-order valence-electron chi connectivity index (χ4n) is 2.54. The first-order valence-corrected chi connectivity index (χ1v) is 7.32. The van der Waals surface area contributed by atoms with Crippen LogP contribution in [0.3, 0.4) is 0 Å². The summed E-state index contributed by atoms with van der Waals surface area (Å²) in [5.41, 5.74) is 2.78. The van der Waals surface area contributed by atoms with Crippen molar-refractivity contribution in [3.63, 3.8) is 0 Å². The van der Waals surface area contributed by atoms with E-state index in [9.17, 15) is 4.79 Å². The van der Waals surface area contributed by atoms with Crippen LogP contribution in [-0.4, -0.2) is 28.9 Å². The normalized spacial score (nSPS) is 14.2. The van der Waals surface area contributed by atoms with E-state index < -0.39 is 0 Å². The molecule has 0 aliphatic carbocycles. The zero-order valence-corrected chi connectivity index (χ0v) is 12.2. The van der Waals surface area contributed by atoms with Crippen LogP contribution >= 0.6 is 0 Å². The van der Waals surface area contributed by atoms with Crippen molar-refractivity contribution in [2.24, 2.45) is 0 Å². The van der Waals surface area contributed by atoms with Gasteiger partial charge in [0, 0.05) is 25.0 Å². The number of likely N-dealkylation sites (tertiary alicyclic amines) is 1. The maximum atomic E-state index is 12.6. The fourth-order valence-corrected chi connectivity index (χ4v) is 2.54. The summed E-state index contributed by atoms with van der Waals surface area (Å²) in [4.78, 5) is 18.8. The number of nitrogens with one attached hydrogen (secondary N) is 1. The second-order valence-electron chi connectivity index (χ2n) is 5.39. The molecule has 1 aliphatic rings. The molecule has 0 unspecified atom stereocenters. The van der Waals surface area contributed by atoms with Crippen molar-refractivity contribution in [1.82, 2.24) is 9.88 Å². The van der Waals surface area contributed by atoms with Crippen LogP contribution in [0.15, 0.2) is 42.6 Å². The minimum atomic E-state index is 0.0650. The maximum Gasteiger partial charge on any atom is 0.257 e. The first-order valence-electron chi connectivity index (χ1n) is 7.32. The van der Waals surface area contributed by atoms with Crippen LogP contribution in [0.1, 0.15) is 28.8 Å². The number of pyridine rings is 1. The van der Waals surface area contributed by atoms with Gasteiger partial charge < -0.3 is 10.2 Å². The van der Waals surface area contributed by atoms with Gasteiger partial charge in [0.15, 0.2) is 0 Å². The molecule has 21 heavy (non-hydrogen) atoms. The number of hydrogen-bond donors (Lipinski definition) is 1. The average Bonchev–Trinajstić information content (AvgIpc) is 3.04. The summed E-state index contributed by atoms with van der Waals surface area (Å²) in [5.74, 6) is 0.688. The van der Waals surface area contributed by atoms with E-state index in [0.717, 1.165) is 31.6 Å². The van der Waals surface area contributed by atoms with Crippen LogP contribution in [0, 0.1) is 6.92 Å². The summed E-state index contributed by atoms with van der Waals surface area (Å²) < 4.78 is 0. The summed E-state index contributed by atoms with van der Waals surface area (Å²) in [5, 5.41) is 3.25. The Morgan fingerprint density at radius 3 is 2.57 bits per heavy atom. The van der Waals surface area contributed by atoms with Gasteiger partial charge in [0.2, 0.25) is 0 Å². The Kier molecular flexibility index (Phi) is 3.86. The van der Waals surface area contributed by atoms with Crippen LogP contribution in [0.4, 0.5) is 11.5 Å². The van der Waals surface area contributed by atoms with E-state index >= 15 is 0 Å². The lowest BCUT2D eigenvalue weighted by atomic mass is 10.2. The Labute approximate surface area is 124 Å². The first kappa shape index (κ1) is 13.6. The highest BCUT2D eigenvalue weighted by atomic mass is 16.2. The Morgan fingerprint density at radius 1 is 1.14 bits per heavy atom. The number of benzene rings is 1. The number of rotatable bonds is 3. The average molecular weight is 281 g/mol. The minimum absolute atomic E-state index is 0.0650. The molecule has 0 atom stereocenters. The third-order valence-electron chi connectivity index (χ3n) is 3.75. The molecule has 1 aliphatic heterocycles. The molecule has 0 bridgehead atoms. The maximum absolute atomic E-state index is 12.6. The Morgan fingerprint density at radius 2 is 1.86 bits per heavy atom. The molecular formula is C17H19N3O. The summed E-state index contributed by atoms with van der Waals surface area (Å²) in [7, 11) is 0. The molecule has 1 N–H and O–H groups in total. The summed E-state index contributed by atoms with van der Waals surface area (Å²) in [6.45, 7) is 3.74. The van der Waals surface area contributed by atoms with Gasteiger partial charge in [-0.15, -0.1) is 0 Å². The lowest BCUT2D eigenvalue weighted by Crippen LogP contribution is -2.28. The van der Waals surface area contributed by atoms with Gasteiger partial charge in [-0.2, -0.15) is 0 Å². The van der Waals surface area contributed by atoms with E-state index in [2.05, 4.69) is 10.3 Å². The third kappa shape index (κ3) is 3.05. The molecule has 2 aromatic rings. The van der Waals surface area contributed by atoms with Crippen LogP contribution < -0.4 is 5.32 Å². The van der Waals surface area contributed by atoms with Crippen molar-refractivity contribution < 1.29 is 4.79 Å². The van der Waals surface area contributed by atoms with Gasteiger partial charge in [-0.1, -0.05) is 17.7 Å². The fraction of sp³-hybridized carbons (Fsp3) is 0.294. The Bertz CT molecular complexity index is 631. The number of amides is 1. The second-order valence-corrected chi connectivity index (χ2v) is 5.39. The number of anilines is 2. The number of aryl methyl sites for hydroxylation is 1. The number of nitrogens with zero attached hydrogens (tertiary/aromatic N) is 2. The molecule has 1 amide bonds. The van der Waals surface area contributed by atoms with Crippen LogP contribution in [-0.2, 0) is 0 Å². The molecule has 1 aromatic carbocycles. The minimum Gasteiger partial charge on any atom is -0.340 e. The van der Waals surface area contributed by atoms with Gasteiger partial charge in [-0.05, 0) is 44.0 Å². The molecule has 1 aromatic heterocycles. The van der Waals surface area contributed by atoms with Gasteiger partial charge in [-0.25, -0.2) is 4.98 Å². The van der Waals surface area contributed by atoms with Crippen molar-refractivity contribution in [2.45, 2.75) is 19.8 Å². The zero-order valence-electron chi connectivity index (χ0n) is 12.2. The predicted octanol–water partition coefficient (Wildman–Crippen LogP) is 3.37. The molecule has 4 nitrogen and oxygen atoms in total. The monoisotopic (exact) mass is 281 g/mol. The molecule has 1 saturated heterocycles. The second kappa shape index (κ2) is 5.95. The molecule has 3 rings (SSSR count). The number of carbonyl (C=O) groups is 1. The van der Waals surface area contributed by atoms with Crippen LogP contribution in [0.25, 0.3) is 0 Å². The van der Waals surface area contributed by atoms with Crippen molar-refractivity contribution in [1.29, 1.82) is 0 Å². The molecular weight excluding hydrogens is 262 g/mol. The molecule has 0 saturated carbocycles. The van der Waals surface area contributed by atoms with Gasteiger partial charge in [0.1, 0.15) is 5.82 Å². The summed E-state index contributed by atoms with van der Waals surface area (Å²) in [6.07, 6.45) is 3.89. The van der Waals surface area contributed by atoms with Gasteiger partial charge in [0.25, 0.3) is 5.91 Å². The van der Waals surface area contributed by atoms with Gasteiger partial charge in [0.05, 0.1) is 5.56 Å². The smallest absolute Gasteiger partial charge is 0.257 e. The molecule has 0 spiro atoms. The highest BCUT2D eigenvalue weighted by molar-refractivity contribution is 5.99. The van der Waals surface area contributed by atoms with E-state index in [1.54, 1.807) is 6.20 Å². The highest BCUT2D eigenvalue weighted by Gasteiger charge is 2.22. The molecule has 4 heteroatoms. The predicted molar refractivity (Wildman–Crippen MR) is 83.8 cm³/mol. The van der Waals surface area contributed by atoms with Crippen molar-refractivity contribution in [3.8, 4) is 0 Å². The molecule has 1 fully saturated rings. The number of aromatic nitrogens is 1. The largest absolute Gasteiger partial charge is 0.340 e. The topological polar surface area (TPSA) is 45.2 Å². The van der Waals surface area contributed by atoms with Crippen molar-refractivity contribution in [2.75, 3.05) is 18.4 Å². The zero-order chi connectivity index (χ0) is 14.7. The van der Waals surface area contributed by atoms with Crippen molar-refractivity contribution in [3.05, 3.63) is 53.7 Å². The highest BCUT2D eigenvalue weighted by Crippen LogP contribution is 2.21. The lowest BCUT2D eigenvalue weighted by molar-refractivity contribution is 0.0793. The standard InChI is InChI=1S/C17H19N3O/c1-13-6-8-14(9-7-13)19-16-15(5-4-10-18-16)17(21)20-11-2-3-12-20/h4-10H,2-3,11-12H2,1H3,(H,18,19). The van der Waals surface area contributed by atoms with Crippen molar-refractivity contribution >= 4 is 17.4 Å². The lowest BCUT2D eigenvalue weighted by Gasteiger charge is -2.17. The van der Waals surface area contributed by atoms with E-state index in [1.807, 2.05) is 48.2 Å². The molecule has 0 radical (unpaired) electrons.